The number of aliphatic hydroxyl groups is 1. The molecule has 0 amide bonds. The minimum atomic E-state index is -1.13. The first kappa shape index (κ1) is 11.1. The Balaban J connectivity index is 2.24. The molecular formula is C10H15N3O3. The van der Waals surface area contributed by atoms with Crippen LogP contribution in [-0.4, -0.2) is 31.2 Å². The average Bonchev–Trinajstić information content (AvgIpc) is 2.66. The Morgan fingerprint density at radius 3 is 3.00 bits per heavy atom. The molecule has 0 saturated heterocycles. The number of aromatic carboxylic acids is 1. The summed E-state index contributed by atoms with van der Waals surface area (Å²) >= 11 is 0. The number of carbonyl (C=O) groups is 1. The van der Waals surface area contributed by atoms with Gasteiger partial charge in [-0.3, -0.25) is 0 Å². The monoisotopic (exact) mass is 225 g/mol. The Hall–Kier alpha value is -1.43. The molecule has 1 aromatic rings. The van der Waals surface area contributed by atoms with Gasteiger partial charge in [-0.15, -0.1) is 5.10 Å². The first-order valence-electron chi connectivity index (χ1n) is 5.40. The molecule has 0 aliphatic heterocycles. The molecule has 1 saturated carbocycles. The van der Waals surface area contributed by atoms with Crippen LogP contribution in [0.5, 0.6) is 0 Å². The fourth-order valence-corrected chi connectivity index (χ4v) is 2.27. The van der Waals surface area contributed by atoms with Crippen molar-refractivity contribution in [3.8, 4) is 0 Å². The quantitative estimate of drug-likeness (QED) is 0.778. The Bertz CT molecular complexity index is 404. The van der Waals surface area contributed by atoms with Gasteiger partial charge in [0.05, 0.1) is 6.20 Å². The van der Waals surface area contributed by atoms with E-state index in [0.717, 1.165) is 12.8 Å². The normalized spacial score (nSPS) is 30.2. The summed E-state index contributed by atoms with van der Waals surface area (Å²) in [6, 6.07) is 0. The summed E-state index contributed by atoms with van der Waals surface area (Å²) in [7, 11) is 0. The van der Waals surface area contributed by atoms with E-state index in [-0.39, 0.29) is 5.69 Å². The zero-order valence-electron chi connectivity index (χ0n) is 9.13. The maximum absolute atomic E-state index is 10.7. The predicted octanol–water partition coefficient (Wildman–Crippen LogP) is 0.831. The maximum atomic E-state index is 10.7. The molecule has 6 nitrogen and oxygen atoms in total. The van der Waals surface area contributed by atoms with Crippen molar-refractivity contribution < 1.29 is 15.0 Å². The molecule has 1 heterocycles. The molecule has 0 spiro atoms. The van der Waals surface area contributed by atoms with Gasteiger partial charge in [0.2, 0.25) is 0 Å². The zero-order valence-corrected chi connectivity index (χ0v) is 9.13. The van der Waals surface area contributed by atoms with Gasteiger partial charge in [0.15, 0.2) is 11.4 Å². The minimum Gasteiger partial charge on any atom is -0.476 e. The van der Waals surface area contributed by atoms with E-state index in [9.17, 15) is 9.90 Å². The van der Waals surface area contributed by atoms with Crippen LogP contribution in [-0.2, 0) is 5.72 Å². The summed E-state index contributed by atoms with van der Waals surface area (Å²) in [5, 5.41) is 26.3. The van der Waals surface area contributed by atoms with Crippen molar-refractivity contribution in [1.29, 1.82) is 0 Å². The molecule has 1 fully saturated rings. The van der Waals surface area contributed by atoms with Crippen molar-refractivity contribution in [1.82, 2.24) is 15.0 Å². The topological polar surface area (TPSA) is 88.2 Å². The van der Waals surface area contributed by atoms with Crippen molar-refractivity contribution >= 4 is 5.97 Å². The van der Waals surface area contributed by atoms with Crippen molar-refractivity contribution in [2.24, 2.45) is 5.92 Å². The van der Waals surface area contributed by atoms with Gasteiger partial charge in [0.1, 0.15) is 0 Å². The smallest absolute Gasteiger partial charge is 0.358 e. The molecule has 6 heteroatoms. The van der Waals surface area contributed by atoms with Crippen molar-refractivity contribution in [2.45, 2.75) is 38.3 Å². The first-order chi connectivity index (χ1) is 7.51. The van der Waals surface area contributed by atoms with Crippen molar-refractivity contribution in [2.75, 3.05) is 0 Å². The van der Waals surface area contributed by atoms with Crippen molar-refractivity contribution in [3.63, 3.8) is 0 Å². The van der Waals surface area contributed by atoms with E-state index in [1.165, 1.54) is 10.9 Å². The molecule has 2 rings (SSSR count). The van der Waals surface area contributed by atoms with Crippen LogP contribution in [0.1, 0.15) is 43.1 Å². The molecule has 16 heavy (non-hydrogen) atoms. The largest absolute Gasteiger partial charge is 0.476 e. The number of nitrogens with zero attached hydrogens (tertiary/aromatic N) is 3. The zero-order chi connectivity index (χ0) is 11.8. The molecular weight excluding hydrogens is 210 g/mol. The highest BCUT2D eigenvalue weighted by atomic mass is 16.4. The Labute approximate surface area is 92.9 Å². The molecule has 1 aromatic heterocycles. The lowest BCUT2D eigenvalue weighted by molar-refractivity contribution is -0.0940. The Morgan fingerprint density at radius 2 is 2.44 bits per heavy atom. The second-order valence-corrected chi connectivity index (χ2v) is 4.54. The minimum absolute atomic E-state index is 0.133. The van der Waals surface area contributed by atoms with E-state index in [4.69, 9.17) is 5.11 Å². The molecule has 0 unspecified atom stereocenters. The molecule has 88 valence electrons. The van der Waals surface area contributed by atoms with Crippen LogP contribution in [0.2, 0.25) is 0 Å². The Kier molecular flexibility index (Phi) is 2.67. The standard InChI is InChI=1S/C10H15N3O3/c1-7-3-2-4-10(16,5-7)13-6-8(9(14)15)11-12-13/h6-7,16H,2-5H2,1H3,(H,14,15)/t7-,10-/m1/s1. The number of hydrogen-bond donors (Lipinski definition) is 2. The highest BCUT2D eigenvalue weighted by Crippen LogP contribution is 2.35. The second-order valence-electron chi connectivity index (χ2n) is 4.54. The summed E-state index contributed by atoms with van der Waals surface area (Å²) < 4.78 is 1.28. The van der Waals surface area contributed by atoms with E-state index >= 15 is 0 Å². The van der Waals surface area contributed by atoms with Gasteiger partial charge in [0, 0.05) is 0 Å². The fourth-order valence-electron chi connectivity index (χ4n) is 2.27. The van der Waals surface area contributed by atoms with Crippen LogP contribution in [0.25, 0.3) is 0 Å². The van der Waals surface area contributed by atoms with Crippen LogP contribution in [0, 0.1) is 5.92 Å². The van der Waals surface area contributed by atoms with E-state index < -0.39 is 11.7 Å². The van der Waals surface area contributed by atoms with Gasteiger partial charge in [-0.1, -0.05) is 18.6 Å². The SMILES string of the molecule is C[C@@H]1CCC[C@](O)(n2cc(C(=O)O)nn2)C1. The molecule has 0 radical (unpaired) electrons. The highest BCUT2D eigenvalue weighted by molar-refractivity contribution is 5.84. The summed E-state index contributed by atoms with van der Waals surface area (Å²) in [4.78, 5) is 10.7. The van der Waals surface area contributed by atoms with Crippen LogP contribution in [0.15, 0.2) is 6.20 Å². The molecule has 2 N–H and O–H groups in total. The van der Waals surface area contributed by atoms with Gasteiger partial charge >= 0.3 is 5.97 Å². The number of carboxylic acid groups (broad SMARTS) is 1. The van der Waals surface area contributed by atoms with Gasteiger partial charge in [-0.05, 0) is 25.2 Å². The predicted molar refractivity (Wildman–Crippen MR) is 54.8 cm³/mol. The van der Waals surface area contributed by atoms with E-state index in [0.29, 0.717) is 18.8 Å². The summed E-state index contributed by atoms with van der Waals surface area (Å²) in [6.07, 6.45) is 4.48. The molecule has 0 bridgehead atoms. The number of carboxylic acids is 1. The number of hydrogen-bond acceptors (Lipinski definition) is 4. The molecule has 2 atom stereocenters. The third-order valence-corrected chi connectivity index (χ3v) is 3.09. The van der Waals surface area contributed by atoms with Gasteiger partial charge in [-0.25, -0.2) is 9.48 Å². The lowest BCUT2D eigenvalue weighted by Gasteiger charge is -2.35. The first-order valence-corrected chi connectivity index (χ1v) is 5.40. The van der Waals surface area contributed by atoms with Crippen LogP contribution in [0.4, 0.5) is 0 Å². The van der Waals surface area contributed by atoms with Crippen LogP contribution >= 0.6 is 0 Å². The number of aromatic nitrogens is 3. The maximum Gasteiger partial charge on any atom is 0.358 e. The number of rotatable bonds is 2. The fraction of sp³-hybridized carbons (Fsp3) is 0.700. The summed E-state index contributed by atoms with van der Waals surface area (Å²) in [5.41, 5.74) is -1.20. The van der Waals surface area contributed by atoms with Crippen molar-refractivity contribution in [3.05, 3.63) is 11.9 Å². The van der Waals surface area contributed by atoms with Gasteiger partial charge in [0.25, 0.3) is 0 Å². The van der Waals surface area contributed by atoms with Gasteiger partial charge < -0.3 is 10.2 Å². The lowest BCUT2D eigenvalue weighted by atomic mass is 9.84. The van der Waals surface area contributed by atoms with Gasteiger partial charge in [-0.2, -0.15) is 0 Å². The van der Waals surface area contributed by atoms with E-state index in [1.54, 1.807) is 0 Å². The third kappa shape index (κ3) is 1.92. The van der Waals surface area contributed by atoms with E-state index in [2.05, 4.69) is 17.2 Å². The molecule has 1 aliphatic rings. The second kappa shape index (κ2) is 3.86. The lowest BCUT2D eigenvalue weighted by Crippen LogP contribution is -2.38. The van der Waals surface area contributed by atoms with Crippen LogP contribution in [0.3, 0.4) is 0 Å². The van der Waals surface area contributed by atoms with Crippen LogP contribution < -0.4 is 0 Å². The molecule has 1 aliphatic carbocycles. The van der Waals surface area contributed by atoms with E-state index in [1.807, 2.05) is 0 Å². The summed E-state index contributed by atoms with van der Waals surface area (Å²) in [6.45, 7) is 2.07. The third-order valence-electron chi connectivity index (χ3n) is 3.09. The average molecular weight is 225 g/mol. The summed E-state index contributed by atoms with van der Waals surface area (Å²) in [5.74, 6) is -0.713. The highest BCUT2D eigenvalue weighted by Gasteiger charge is 2.35. The Morgan fingerprint density at radius 1 is 1.69 bits per heavy atom. The molecule has 0 aromatic carbocycles.